The molecule has 0 atom stereocenters. The van der Waals surface area contributed by atoms with Crippen molar-refractivity contribution in [3.8, 4) is 0 Å². The van der Waals surface area contributed by atoms with Crippen molar-refractivity contribution in [2.45, 2.75) is 12.8 Å². The van der Waals surface area contributed by atoms with Crippen molar-refractivity contribution in [2.75, 3.05) is 19.0 Å². The van der Waals surface area contributed by atoms with Gasteiger partial charge in [0, 0.05) is 31.2 Å². The molecule has 3 rings (SSSR count). The maximum atomic E-state index is 12.0. The molecular formula is C20H19ClN2O2. The number of hydrogen-bond donors (Lipinski definition) is 0. The third kappa shape index (κ3) is 4.48. The van der Waals surface area contributed by atoms with Crippen LogP contribution in [0.5, 0.6) is 0 Å². The molecule has 128 valence electrons. The molecule has 1 aliphatic heterocycles. The van der Waals surface area contributed by atoms with Crippen LogP contribution >= 0.6 is 11.6 Å². The Bertz CT molecular complexity index is 839. The van der Waals surface area contributed by atoms with Crippen LogP contribution < -0.4 is 4.90 Å². The summed E-state index contributed by atoms with van der Waals surface area (Å²) in [6.07, 6.45) is 3.02. The van der Waals surface area contributed by atoms with E-state index in [9.17, 15) is 4.79 Å². The number of hydrogen-bond acceptors (Lipinski definition) is 4. The number of aryl methyl sites for hydroxylation is 1. The van der Waals surface area contributed by atoms with E-state index in [1.54, 1.807) is 6.08 Å². The molecule has 1 aliphatic rings. The molecule has 0 fully saturated rings. The minimum absolute atomic E-state index is 0.332. The van der Waals surface area contributed by atoms with Crippen LogP contribution in [0.4, 0.5) is 5.69 Å². The first kappa shape index (κ1) is 17.2. The molecule has 0 amide bonds. The van der Waals surface area contributed by atoms with Crippen LogP contribution in [-0.2, 0) is 16.0 Å². The lowest BCUT2D eigenvalue weighted by Crippen LogP contribution is -2.08. The standard InChI is InChI=1S/C20H19ClN2O2/c1-23(2)17-9-6-15(7-10-17)13-18-20(24)25-19(22-18)11-8-14-4-3-5-16(21)12-14/h3-7,9-10,12-13H,8,11H2,1-2H3/b18-13+. The number of rotatable bonds is 5. The topological polar surface area (TPSA) is 41.9 Å². The third-order valence-corrected chi connectivity index (χ3v) is 4.13. The van der Waals surface area contributed by atoms with E-state index in [0.29, 0.717) is 23.0 Å². The van der Waals surface area contributed by atoms with Gasteiger partial charge in [-0.1, -0.05) is 35.9 Å². The Balaban J connectivity index is 1.69. The Kier molecular flexibility index (Phi) is 5.19. The summed E-state index contributed by atoms with van der Waals surface area (Å²) in [4.78, 5) is 18.3. The van der Waals surface area contributed by atoms with Crippen LogP contribution in [0, 0.1) is 0 Å². The van der Waals surface area contributed by atoms with E-state index in [-0.39, 0.29) is 0 Å². The first-order valence-electron chi connectivity index (χ1n) is 8.04. The predicted molar refractivity (Wildman–Crippen MR) is 102 cm³/mol. The second kappa shape index (κ2) is 7.53. The molecule has 5 heteroatoms. The second-order valence-corrected chi connectivity index (χ2v) is 6.48. The molecule has 0 saturated carbocycles. The van der Waals surface area contributed by atoms with Crippen LogP contribution in [0.2, 0.25) is 5.02 Å². The second-order valence-electron chi connectivity index (χ2n) is 6.04. The normalized spacial score (nSPS) is 15.2. The fourth-order valence-corrected chi connectivity index (χ4v) is 2.74. The fourth-order valence-electron chi connectivity index (χ4n) is 2.53. The van der Waals surface area contributed by atoms with Gasteiger partial charge in [0.2, 0.25) is 0 Å². The lowest BCUT2D eigenvalue weighted by molar-refractivity contribution is -0.130. The maximum absolute atomic E-state index is 12.0. The molecule has 0 saturated heterocycles. The summed E-state index contributed by atoms with van der Waals surface area (Å²) in [5.41, 5.74) is 3.43. The molecule has 0 spiro atoms. The first-order chi connectivity index (χ1) is 12.0. The number of carbonyl (C=O) groups is 1. The Morgan fingerprint density at radius 3 is 2.56 bits per heavy atom. The smallest absolute Gasteiger partial charge is 0.363 e. The lowest BCUT2D eigenvalue weighted by Gasteiger charge is -2.11. The van der Waals surface area contributed by atoms with Gasteiger partial charge in [0.15, 0.2) is 11.6 Å². The van der Waals surface area contributed by atoms with Gasteiger partial charge in [0.25, 0.3) is 0 Å². The number of esters is 1. The van der Waals surface area contributed by atoms with Crippen molar-refractivity contribution in [1.29, 1.82) is 0 Å². The zero-order valence-electron chi connectivity index (χ0n) is 14.2. The number of benzene rings is 2. The van der Waals surface area contributed by atoms with Gasteiger partial charge >= 0.3 is 5.97 Å². The van der Waals surface area contributed by atoms with Gasteiger partial charge in [-0.05, 0) is 47.9 Å². The van der Waals surface area contributed by atoms with Gasteiger partial charge in [0.1, 0.15) is 0 Å². The SMILES string of the molecule is CN(C)c1ccc(/C=C2/N=C(CCc3cccc(Cl)c3)OC2=O)cc1. The van der Waals surface area contributed by atoms with E-state index in [0.717, 1.165) is 23.2 Å². The molecule has 0 N–H and O–H groups in total. The zero-order chi connectivity index (χ0) is 17.8. The van der Waals surface area contributed by atoms with Gasteiger partial charge in [-0.25, -0.2) is 9.79 Å². The monoisotopic (exact) mass is 354 g/mol. The van der Waals surface area contributed by atoms with E-state index < -0.39 is 5.97 Å². The summed E-state index contributed by atoms with van der Waals surface area (Å²) in [5, 5.41) is 0.699. The summed E-state index contributed by atoms with van der Waals surface area (Å²) in [6.45, 7) is 0. The summed E-state index contributed by atoms with van der Waals surface area (Å²) < 4.78 is 5.26. The fraction of sp³-hybridized carbons (Fsp3) is 0.200. The molecule has 0 unspecified atom stereocenters. The Morgan fingerprint density at radius 2 is 1.88 bits per heavy atom. The molecule has 0 radical (unpaired) electrons. The van der Waals surface area contributed by atoms with Crippen molar-refractivity contribution in [3.05, 3.63) is 70.4 Å². The van der Waals surface area contributed by atoms with Crippen LogP contribution in [-0.4, -0.2) is 26.0 Å². The van der Waals surface area contributed by atoms with Crippen LogP contribution in [0.25, 0.3) is 6.08 Å². The molecule has 2 aromatic carbocycles. The average Bonchev–Trinajstić information content (AvgIpc) is 2.93. The third-order valence-electron chi connectivity index (χ3n) is 3.89. The van der Waals surface area contributed by atoms with E-state index in [1.807, 2.05) is 67.5 Å². The Morgan fingerprint density at radius 1 is 1.12 bits per heavy atom. The molecule has 0 aromatic heterocycles. The van der Waals surface area contributed by atoms with E-state index in [2.05, 4.69) is 4.99 Å². The van der Waals surface area contributed by atoms with Crippen LogP contribution in [0.15, 0.2) is 59.2 Å². The molecule has 0 bridgehead atoms. The van der Waals surface area contributed by atoms with Gasteiger partial charge in [-0.15, -0.1) is 0 Å². The number of cyclic esters (lactones) is 1. The van der Waals surface area contributed by atoms with Gasteiger partial charge in [-0.2, -0.15) is 0 Å². The molecular weight excluding hydrogens is 336 g/mol. The van der Waals surface area contributed by atoms with Crippen molar-refractivity contribution >= 4 is 35.2 Å². The summed E-state index contributed by atoms with van der Waals surface area (Å²) >= 11 is 5.98. The number of carbonyl (C=O) groups excluding carboxylic acids is 1. The largest absolute Gasteiger partial charge is 0.407 e. The highest BCUT2D eigenvalue weighted by atomic mass is 35.5. The predicted octanol–water partition coefficient (Wildman–Crippen LogP) is 4.34. The highest BCUT2D eigenvalue weighted by molar-refractivity contribution is 6.30. The highest BCUT2D eigenvalue weighted by Crippen LogP contribution is 2.20. The molecule has 25 heavy (non-hydrogen) atoms. The minimum atomic E-state index is -0.405. The molecule has 0 aliphatic carbocycles. The highest BCUT2D eigenvalue weighted by Gasteiger charge is 2.22. The molecule has 1 heterocycles. The van der Waals surface area contributed by atoms with Gasteiger partial charge < -0.3 is 9.64 Å². The Labute approximate surface area is 152 Å². The zero-order valence-corrected chi connectivity index (χ0v) is 15.0. The lowest BCUT2D eigenvalue weighted by atomic mass is 10.1. The Hall–Kier alpha value is -2.59. The summed E-state index contributed by atoms with van der Waals surface area (Å²) in [7, 11) is 3.97. The first-order valence-corrected chi connectivity index (χ1v) is 8.42. The summed E-state index contributed by atoms with van der Waals surface area (Å²) in [5.74, 6) is 0.0407. The number of nitrogens with zero attached hydrogens (tertiary/aromatic N) is 2. The average molecular weight is 355 g/mol. The molecule has 2 aromatic rings. The minimum Gasteiger partial charge on any atom is -0.407 e. The van der Waals surface area contributed by atoms with Crippen molar-refractivity contribution < 1.29 is 9.53 Å². The number of ether oxygens (including phenoxy) is 1. The van der Waals surface area contributed by atoms with Crippen molar-refractivity contribution in [1.82, 2.24) is 0 Å². The van der Waals surface area contributed by atoms with E-state index in [1.165, 1.54) is 0 Å². The van der Waals surface area contributed by atoms with Crippen molar-refractivity contribution in [3.63, 3.8) is 0 Å². The maximum Gasteiger partial charge on any atom is 0.363 e. The van der Waals surface area contributed by atoms with E-state index in [4.69, 9.17) is 16.3 Å². The quantitative estimate of drug-likeness (QED) is 0.592. The van der Waals surface area contributed by atoms with Crippen LogP contribution in [0.1, 0.15) is 17.5 Å². The number of halogens is 1. The molecule has 4 nitrogen and oxygen atoms in total. The van der Waals surface area contributed by atoms with E-state index >= 15 is 0 Å². The van der Waals surface area contributed by atoms with Crippen molar-refractivity contribution in [2.24, 2.45) is 4.99 Å². The number of aliphatic imine (C=N–C) groups is 1. The van der Waals surface area contributed by atoms with Gasteiger partial charge in [0.05, 0.1) is 0 Å². The number of anilines is 1. The summed E-state index contributed by atoms with van der Waals surface area (Å²) in [6, 6.07) is 15.5. The van der Waals surface area contributed by atoms with Crippen LogP contribution in [0.3, 0.4) is 0 Å². The van der Waals surface area contributed by atoms with Gasteiger partial charge in [-0.3, -0.25) is 0 Å².